The summed E-state index contributed by atoms with van der Waals surface area (Å²) < 4.78 is 16.1. The van der Waals surface area contributed by atoms with Crippen LogP contribution < -0.4 is 10.9 Å². The summed E-state index contributed by atoms with van der Waals surface area (Å²) in [6.45, 7) is 2.48. The first-order valence-corrected chi connectivity index (χ1v) is 10.6. The lowest BCUT2D eigenvalue weighted by atomic mass is 9.84. The highest BCUT2D eigenvalue weighted by Crippen LogP contribution is 2.34. The number of amides is 1. The summed E-state index contributed by atoms with van der Waals surface area (Å²) in [6.07, 6.45) is 2.81. The van der Waals surface area contributed by atoms with Crippen molar-refractivity contribution in [2.24, 2.45) is 5.92 Å². The minimum absolute atomic E-state index is 0. The van der Waals surface area contributed by atoms with E-state index in [0.29, 0.717) is 29.0 Å². The first-order chi connectivity index (χ1) is 14.0. The molecule has 0 radical (unpaired) electrons. The Morgan fingerprint density at radius 3 is 2.77 bits per heavy atom. The van der Waals surface area contributed by atoms with Gasteiger partial charge in [0.25, 0.3) is 11.5 Å². The number of piperidine rings is 1. The van der Waals surface area contributed by atoms with Crippen LogP contribution in [-0.2, 0) is 13.1 Å². The van der Waals surface area contributed by atoms with Crippen LogP contribution in [0.1, 0.15) is 46.8 Å². The Kier molecular flexibility index (Phi) is 5.93. The molecule has 2 bridgehead atoms. The van der Waals surface area contributed by atoms with Crippen LogP contribution in [0.15, 0.2) is 35.1 Å². The fraction of sp³-hybridized carbons (Fsp3) is 0.455. The minimum atomic E-state index is -0.432. The topological polar surface area (TPSA) is 54.3 Å². The number of rotatable bonds is 4. The van der Waals surface area contributed by atoms with E-state index in [1.54, 1.807) is 27.7 Å². The van der Waals surface area contributed by atoms with Crippen LogP contribution in [0.5, 0.6) is 0 Å². The number of nitrogens with one attached hydrogen (secondary N) is 1. The molecule has 0 spiro atoms. The maximum Gasteiger partial charge on any atom is 0.263 e. The lowest BCUT2D eigenvalue weighted by Crippen LogP contribution is -2.46. The summed E-state index contributed by atoms with van der Waals surface area (Å²) in [5, 5.41) is 3.72. The standard InChI is InChI=1S/C22H23ClFN3O2.ClH/c23-18-2-1-3-19(24)17(18)12-26(15-4-5-15)21(28)16-6-7-20-14-8-13(9-25-10-14)11-27(20)22(16)29;/h1-3,6-7,13-15,25H,4-5,8-12H2;1H/t13-,14+;/m0./s1. The third kappa shape index (κ3) is 3.77. The molecule has 5 rings (SSSR count). The van der Waals surface area contributed by atoms with Gasteiger partial charge in [-0.3, -0.25) is 9.59 Å². The van der Waals surface area contributed by atoms with E-state index in [-0.39, 0.29) is 42.0 Å². The fourth-order valence-corrected chi connectivity index (χ4v) is 4.94. The molecule has 1 amide bonds. The molecule has 8 heteroatoms. The first kappa shape index (κ1) is 21.3. The molecule has 2 aliphatic heterocycles. The predicted molar refractivity (Wildman–Crippen MR) is 116 cm³/mol. The number of halogens is 3. The molecular formula is C22H24Cl2FN3O2. The number of nitrogens with zero attached hydrogens (tertiary/aromatic N) is 2. The summed E-state index contributed by atoms with van der Waals surface area (Å²) in [4.78, 5) is 28.2. The van der Waals surface area contributed by atoms with Gasteiger partial charge in [-0.05, 0) is 56.0 Å². The zero-order valence-electron chi connectivity index (χ0n) is 16.4. The summed E-state index contributed by atoms with van der Waals surface area (Å²) >= 11 is 6.18. The summed E-state index contributed by atoms with van der Waals surface area (Å²) in [7, 11) is 0. The highest BCUT2D eigenvalue weighted by Gasteiger charge is 2.37. The molecule has 2 fully saturated rings. The van der Waals surface area contributed by atoms with Crippen molar-refractivity contribution < 1.29 is 9.18 Å². The molecule has 30 heavy (non-hydrogen) atoms. The smallest absolute Gasteiger partial charge is 0.263 e. The molecule has 2 aromatic rings. The van der Waals surface area contributed by atoms with Crippen LogP contribution in [0.2, 0.25) is 5.02 Å². The minimum Gasteiger partial charge on any atom is -0.331 e. The predicted octanol–water partition coefficient (Wildman–Crippen LogP) is 3.57. The Morgan fingerprint density at radius 2 is 2.03 bits per heavy atom. The number of fused-ring (bicyclic) bond motifs is 4. The molecule has 1 aromatic heterocycles. The van der Waals surface area contributed by atoms with Gasteiger partial charge in [0.15, 0.2) is 0 Å². The van der Waals surface area contributed by atoms with Crippen LogP contribution in [0, 0.1) is 11.7 Å². The zero-order valence-corrected chi connectivity index (χ0v) is 18.0. The van der Waals surface area contributed by atoms with E-state index < -0.39 is 5.82 Å². The van der Waals surface area contributed by atoms with Gasteiger partial charge in [-0.2, -0.15) is 0 Å². The quantitative estimate of drug-likeness (QED) is 0.772. The summed E-state index contributed by atoms with van der Waals surface area (Å²) in [5.74, 6) is -0.0309. The lowest BCUT2D eigenvalue weighted by molar-refractivity contribution is 0.0725. The van der Waals surface area contributed by atoms with Crippen molar-refractivity contribution in [1.82, 2.24) is 14.8 Å². The van der Waals surface area contributed by atoms with E-state index in [1.165, 1.54) is 6.07 Å². The van der Waals surface area contributed by atoms with Crippen molar-refractivity contribution in [3.05, 3.63) is 68.3 Å². The van der Waals surface area contributed by atoms with Crippen molar-refractivity contribution in [2.75, 3.05) is 13.1 Å². The molecule has 5 nitrogen and oxygen atoms in total. The second-order valence-corrected chi connectivity index (χ2v) is 8.82. The number of benzene rings is 1. The van der Waals surface area contributed by atoms with Gasteiger partial charge < -0.3 is 14.8 Å². The number of carbonyl (C=O) groups is 1. The molecule has 1 aliphatic carbocycles. The number of hydrogen-bond acceptors (Lipinski definition) is 3. The van der Waals surface area contributed by atoms with E-state index in [2.05, 4.69) is 5.32 Å². The van der Waals surface area contributed by atoms with E-state index in [1.807, 2.05) is 6.07 Å². The van der Waals surface area contributed by atoms with Crippen LogP contribution >= 0.6 is 24.0 Å². The molecule has 1 aromatic carbocycles. The van der Waals surface area contributed by atoms with Gasteiger partial charge in [0.2, 0.25) is 0 Å². The van der Waals surface area contributed by atoms with Gasteiger partial charge in [-0.1, -0.05) is 17.7 Å². The van der Waals surface area contributed by atoms with Gasteiger partial charge in [0.05, 0.1) is 6.54 Å². The Bertz CT molecular complexity index is 1020. The van der Waals surface area contributed by atoms with Gasteiger partial charge in [0, 0.05) is 41.3 Å². The van der Waals surface area contributed by atoms with Crippen LogP contribution in [0.25, 0.3) is 0 Å². The van der Waals surface area contributed by atoms with Crippen molar-refractivity contribution in [3.8, 4) is 0 Å². The fourth-order valence-electron chi connectivity index (χ4n) is 4.71. The molecule has 1 saturated carbocycles. The first-order valence-electron chi connectivity index (χ1n) is 10.2. The maximum absolute atomic E-state index is 14.3. The Hall–Kier alpha value is -1.89. The van der Waals surface area contributed by atoms with Gasteiger partial charge >= 0.3 is 0 Å². The highest BCUT2D eigenvalue weighted by atomic mass is 35.5. The average Bonchev–Trinajstić information content (AvgIpc) is 3.54. The molecule has 3 aliphatic rings. The molecule has 2 atom stereocenters. The van der Waals surface area contributed by atoms with Crippen molar-refractivity contribution >= 4 is 29.9 Å². The van der Waals surface area contributed by atoms with Crippen molar-refractivity contribution in [1.29, 1.82) is 0 Å². The third-order valence-electron chi connectivity index (χ3n) is 6.38. The molecule has 1 N–H and O–H groups in total. The summed E-state index contributed by atoms with van der Waals surface area (Å²) in [6, 6.07) is 8.12. The second-order valence-electron chi connectivity index (χ2n) is 8.41. The SMILES string of the molecule is Cl.O=C(c1ccc2n(c1=O)C[C@@H]1CNC[C@H]2C1)N(Cc1c(F)cccc1Cl)C1CC1. The molecule has 1 saturated heterocycles. The Balaban J connectivity index is 0.00000218. The lowest BCUT2D eigenvalue weighted by Gasteiger charge is -2.37. The van der Waals surface area contributed by atoms with Crippen LogP contribution in [0.4, 0.5) is 4.39 Å². The van der Waals surface area contributed by atoms with Crippen molar-refractivity contribution in [2.45, 2.75) is 44.3 Å². The largest absolute Gasteiger partial charge is 0.331 e. The number of pyridine rings is 1. The van der Waals surface area contributed by atoms with Crippen LogP contribution in [-0.4, -0.2) is 34.5 Å². The molecule has 3 heterocycles. The second kappa shape index (κ2) is 8.33. The Morgan fingerprint density at radius 1 is 1.23 bits per heavy atom. The van der Waals surface area contributed by atoms with E-state index in [0.717, 1.165) is 38.0 Å². The number of aromatic nitrogens is 1. The van der Waals surface area contributed by atoms with Crippen LogP contribution in [0.3, 0.4) is 0 Å². The number of carbonyl (C=O) groups excluding carboxylic acids is 1. The van der Waals surface area contributed by atoms with Gasteiger partial charge in [-0.15, -0.1) is 12.4 Å². The normalized spacial score (nSPS) is 22.1. The van der Waals surface area contributed by atoms with Crippen molar-refractivity contribution in [3.63, 3.8) is 0 Å². The van der Waals surface area contributed by atoms with E-state index >= 15 is 0 Å². The number of hydrogen-bond donors (Lipinski definition) is 1. The zero-order chi connectivity index (χ0) is 20.1. The average molecular weight is 452 g/mol. The Labute approximate surface area is 185 Å². The molecule has 0 unspecified atom stereocenters. The van der Waals surface area contributed by atoms with E-state index in [9.17, 15) is 14.0 Å². The van der Waals surface area contributed by atoms with E-state index in [4.69, 9.17) is 11.6 Å². The summed E-state index contributed by atoms with van der Waals surface area (Å²) in [5.41, 5.74) is 1.24. The van der Waals surface area contributed by atoms with Gasteiger partial charge in [-0.25, -0.2) is 4.39 Å². The van der Waals surface area contributed by atoms with Gasteiger partial charge in [0.1, 0.15) is 11.4 Å². The molecule has 160 valence electrons. The monoisotopic (exact) mass is 451 g/mol. The maximum atomic E-state index is 14.3. The highest BCUT2D eigenvalue weighted by molar-refractivity contribution is 6.31. The third-order valence-corrected chi connectivity index (χ3v) is 6.73. The molecular weight excluding hydrogens is 428 g/mol.